The summed E-state index contributed by atoms with van der Waals surface area (Å²) in [5.41, 5.74) is 2.04. The van der Waals surface area contributed by atoms with Crippen LogP contribution in [0.1, 0.15) is 26.7 Å². The highest BCUT2D eigenvalue weighted by molar-refractivity contribution is 5.82. The number of rotatable bonds is 4. The molecule has 1 aromatic carbocycles. The van der Waals surface area contributed by atoms with E-state index in [2.05, 4.69) is 21.6 Å². The number of aromatic nitrogens is 2. The van der Waals surface area contributed by atoms with Crippen molar-refractivity contribution >= 4 is 22.5 Å². The first-order valence-electron chi connectivity index (χ1n) is 8.21. The van der Waals surface area contributed by atoms with Gasteiger partial charge in [0.25, 0.3) is 5.91 Å². The number of nitrogens with zero attached hydrogens (tertiary/aromatic N) is 2. The lowest BCUT2D eigenvalue weighted by Gasteiger charge is -2.35. The van der Waals surface area contributed by atoms with Crippen LogP contribution in [-0.4, -0.2) is 51.3 Å². The van der Waals surface area contributed by atoms with Gasteiger partial charge in [0.1, 0.15) is 6.10 Å². The summed E-state index contributed by atoms with van der Waals surface area (Å²) in [7, 11) is 0. The van der Waals surface area contributed by atoms with Crippen LogP contribution < -0.4 is 5.32 Å². The Labute approximate surface area is 135 Å². The summed E-state index contributed by atoms with van der Waals surface area (Å²) in [4.78, 5) is 14.1. The number of aromatic amines is 1. The van der Waals surface area contributed by atoms with E-state index < -0.39 is 6.10 Å². The first kappa shape index (κ1) is 15.8. The number of carbonyl (C=O) groups excluding carboxylic acids is 1. The second-order valence-corrected chi connectivity index (χ2v) is 6.63. The van der Waals surface area contributed by atoms with Gasteiger partial charge in [-0.15, -0.1) is 0 Å². The summed E-state index contributed by atoms with van der Waals surface area (Å²) < 4.78 is 0. The van der Waals surface area contributed by atoms with Gasteiger partial charge >= 0.3 is 0 Å². The number of amides is 1. The fourth-order valence-electron chi connectivity index (χ4n) is 3.04. The zero-order chi connectivity index (χ0) is 16.4. The normalized spacial score (nSPS) is 20.0. The lowest BCUT2D eigenvalue weighted by Crippen LogP contribution is -2.49. The van der Waals surface area contributed by atoms with Crippen molar-refractivity contribution in [2.45, 2.75) is 38.8 Å². The Bertz CT molecular complexity index is 682. The molecule has 2 atom stereocenters. The van der Waals surface area contributed by atoms with E-state index in [0.29, 0.717) is 6.54 Å². The Kier molecular flexibility index (Phi) is 4.52. The van der Waals surface area contributed by atoms with Crippen molar-refractivity contribution in [2.75, 3.05) is 18.4 Å². The van der Waals surface area contributed by atoms with E-state index in [1.165, 1.54) is 0 Å². The predicted molar refractivity (Wildman–Crippen MR) is 90.2 cm³/mol. The Morgan fingerprint density at radius 1 is 1.48 bits per heavy atom. The molecule has 124 valence electrons. The van der Waals surface area contributed by atoms with E-state index in [1.807, 2.05) is 26.0 Å². The van der Waals surface area contributed by atoms with Crippen molar-refractivity contribution in [1.82, 2.24) is 15.1 Å². The number of benzene rings is 1. The van der Waals surface area contributed by atoms with Crippen molar-refractivity contribution in [3.63, 3.8) is 0 Å². The summed E-state index contributed by atoms with van der Waals surface area (Å²) in [5, 5.41) is 21.5. The molecule has 1 aromatic heterocycles. The number of likely N-dealkylation sites (tertiary alicyclic amines) is 1. The average Bonchev–Trinajstić information content (AvgIpc) is 3.01. The molecule has 1 aliphatic heterocycles. The van der Waals surface area contributed by atoms with Crippen molar-refractivity contribution in [3.05, 3.63) is 24.4 Å². The molecule has 3 N–H and O–H groups in total. The molecule has 6 nitrogen and oxygen atoms in total. The largest absolute Gasteiger partial charge is 0.383 e. The van der Waals surface area contributed by atoms with Gasteiger partial charge in [-0.1, -0.05) is 13.8 Å². The maximum Gasteiger partial charge on any atom is 0.251 e. The molecule has 0 aliphatic carbocycles. The van der Waals surface area contributed by atoms with Gasteiger partial charge in [0.05, 0.1) is 11.7 Å². The Morgan fingerprint density at radius 3 is 3.09 bits per heavy atom. The molecule has 23 heavy (non-hydrogen) atoms. The van der Waals surface area contributed by atoms with Crippen LogP contribution in [0.2, 0.25) is 0 Å². The van der Waals surface area contributed by atoms with Gasteiger partial charge < -0.3 is 15.3 Å². The van der Waals surface area contributed by atoms with Crippen LogP contribution in [0.3, 0.4) is 0 Å². The zero-order valence-corrected chi connectivity index (χ0v) is 13.6. The average molecular weight is 316 g/mol. The minimum absolute atomic E-state index is 0.0562. The molecule has 1 unspecified atom stereocenters. The van der Waals surface area contributed by atoms with E-state index in [4.69, 9.17) is 0 Å². The number of hydrogen-bond acceptors (Lipinski definition) is 4. The van der Waals surface area contributed by atoms with Gasteiger partial charge in [0, 0.05) is 30.2 Å². The van der Waals surface area contributed by atoms with Gasteiger partial charge in [-0.05, 0) is 37.0 Å². The van der Waals surface area contributed by atoms with Crippen LogP contribution >= 0.6 is 0 Å². The Balaban J connectivity index is 1.65. The van der Waals surface area contributed by atoms with Crippen molar-refractivity contribution in [3.8, 4) is 0 Å². The second kappa shape index (κ2) is 6.58. The van der Waals surface area contributed by atoms with E-state index >= 15 is 0 Å². The lowest BCUT2D eigenvalue weighted by atomic mass is 10.0. The molecule has 1 saturated heterocycles. The van der Waals surface area contributed by atoms with E-state index in [0.717, 1.165) is 36.0 Å². The van der Waals surface area contributed by atoms with Crippen LogP contribution in [0.15, 0.2) is 24.4 Å². The molecule has 1 aliphatic rings. The van der Waals surface area contributed by atoms with Crippen molar-refractivity contribution in [2.24, 2.45) is 5.92 Å². The summed E-state index contributed by atoms with van der Waals surface area (Å²) in [6.45, 7) is 5.08. The maximum atomic E-state index is 12.3. The molecule has 0 bridgehead atoms. The zero-order valence-electron chi connectivity index (χ0n) is 13.6. The number of hydrogen-bond donors (Lipinski definition) is 3. The molecular formula is C17H24N4O2. The molecule has 0 spiro atoms. The summed E-state index contributed by atoms with van der Waals surface area (Å²) in [6.07, 6.45) is 2.86. The summed E-state index contributed by atoms with van der Waals surface area (Å²) >= 11 is 0. The molecular weight excluding hydrogens is 292 g/mol. The Hall–Kier alpha value is -2.08. The molecule has 1 fully saturated rings. The first-order valence-corrected chi connectivity index (χ1v) is 8.21. The quantitative estimate of drug-likeness (QED) is 0.805. The highest BCUT2D eigenvalue weighted by atomic mass is 16.3. The minimum Gasteiger partial charge on any atom is -0.383 e. The molecule has 6 heteroatoms. The van der Waals surface area contributed by atoms with Gasteiger partial charge in [0.15, 0.2) is 0 Å². The third-order valence-electron chi connectivity index (χ3n) is 4.43. The van der Waals surface area contributed by atoms with Crippen LogP contribution in [0.5, 0.6) is 0 Å². The minimum atomic E-state index is -0.906. The first-order chi connectivity index (χ1) is 11.0. The smallest absolute Gasteiger partial charge is 0.251 e. The lowest BCUT2D eigenvalue weighted by molar-refractivity contribution is -0.143. The summed E-state index contributed by atoms with van der Waals surface area (Å²) in [5.74, 6) is -0.212. The van der Waals surface area contributed by atoms with Crippen LogP contribution in [0.25, 0.3) is 10.9 Å². The fourth-order valence-corrected chi connectivity index (χ4v) is 3.04. The number of aliphatic hydroxyl groups excluding tert-OH is 1. The molecule has 2 heterocycles. The van der Waals surface area contributed by atoms with Gasteiger partial charge in [-0.3, -0.25) is 9.89 Å². The molecule has 1 amide bonds. The number of H-pyrrole nitrogens is 1. The van der Waals surface area contributed by atoms with E-state index in [1.54, 1.807) is 11.1 Å². The standard InChI is InChI=1S/C17H24N4O2/c1-11(2)16(22)17(23)21-7-3-4-14(10-21)19-13-5-6-15-12(8-13)9-18-20-15/h5-6,8-9,11,14,16,19,22H,3-4,7,10H2,1-2H3,(H,18,20)/t14?,16-/m0/s1. The monoisotopic (exact) mass is 316 g/mol. The van der Waals surface area contributed by atoms with Crippen LogP contribution in [0, 0.1) is 5.92 Å². The van der Waals surface area contributed by atoms with E-state index in [9.17, 15) is 9.90 Å². The SMILES string of the molecule is CC(C)[C@H](O)C(=O)N1CCCC(Nc2ccc3[nH]ncc3c2)C1. The molecule has 0 radical (unpaired) electrons. The van der Waals surface area contributed by atoms with Gasteiger partial charge in [0.2, 0.25) is 0 Å². The second-order valence-electron chi connectivity index (χ2n) is 6.63. The number of anilines is 1. The van der Waals surface area contributed by atoms with Crippen LogP contribution in [0.4, 0.5) is 5.69 Å². The number of nitrogens with one attached hydrogen (secondary N) is 2. The van der Waals surface area contributed by atoms with E-state index in [-0.39, 0.29) is 17.9 Å². The number of fused-ring (bicyclic) bond motifs is 1. The fraction of sp³-hybridized carbons (Fsp3) is 0.529. The highest BCUT2D eigenvalue weighted by Crippen LogP contribution is 2.21. The highest BCUT2D eigenvalue weighted by Gasteiger charge is 2.29. The third-order valence-corrected chi connectivity index (χ3v) is 4.43. The topological polar surface area (TPSA) is 81.2 Å². The number of aliphatic hydroxyl groups is 1. The molecule has 0 saturated carbocycles. The number of piperidine rings is 1. The Morgan fingerprint density at radius 2 is 2.30 bits per heavy atom. The van der Waals surface area contributed by atoms with Crippen molar-refractivity contribution in [1.29, 1.82) is 0 Å². The van der Waals surface area contributed by atoms with Crippen LogP contribution in [-0.2, 0) is 4.79 Å². The van der Waals surface area contributed by atoms with Gasteiger partial charge in [-0.25, -0.2) is 0 Å². The van der Waals surface area contributed by atoms with Gasteiger partial charge in [-0.2, -0.15) is 5.10 Å². The summed E-state index contributed by atoms with van der Waals surface area (Å²) in [6, 6.07) is 6.28. The molecule has 2 aromatic rings. The number of carbonyl (C=O) groups is 1. The van der Waals surface area contributed by atoms with Crippen molar-refractivity contribution < 1.29 is 9.90 Å². The predicted octanol–water partition coefficient (Wildman–Crippen LogP) is 1.98. The molecule has 3 rings (SSSR count). The maximum absolute atomic E-state index is 12.3. The third kappa shape index (κ3) is 3.47.